The molecule has 0 unspecified atom stereocenters. The van der Waals surface area contributed by atoms with Crippen LogP contribution in [0.3, 0.4) is 0 Å². The SMILES string of the molecule is O=c1c2ccccc2nc(-c2cc3cc(Cl)ccc3o2)n1N=Cc1cc(Cl)ccc1OCc1ccccc1. The van der Waals surface area contributed by atoms with Gasteiger partial charge in [0.25, 0.3) is 5.56 Å². The van der Waals surface area contributed by atoms with Gasteiger partial charge in [-0.3, -0.25) is 4.79 Å². The third-order valence-electron chi connectivity index (χ3n) is 5.97. The maximum absolute atomic E-state index is 13.6. The molecule has 6 aromatic rings. The predicted molar refractivity (Wildman–Crippen MR) is 151 cm³/mol. The topological polar surface area (TPSA) is 69.6 Å². The van der Waals surface area contributed by atoms with Gasteiger partial charge in [0.1, 0.15) is 17.9 Å². The summed E-state index contributed by atoms with van der Waals surface area (Å²) in [4.78, 5) is 18.3. The number of hydrogen-bond donors (Lipinski definition) is 0. The lowest BCUT2D eigenvalue weighted by molar-refractivity contribution is 0.306. The summed E-state index contributed by atoms with van der Waals surface area (Å²) < 4.78 is 13.3. The fourth-order valence-electron chi connectivity index (χ4n) is 4.12. The molecule has 0 saturated heterocycles. The van der Waals surface area contributed by atoms with Gasteiger partial charge in [0.15, 0.2) is 5.76 Å². The summed E-state index contributed by atoms with van der Waals surface area (Å²) in [6.45, 7) is 0.369. The highest BCUT2D eigenvalue weighted by atomic mass is 35.5. The zero-order valence-corrected chi connectivity index (χ0v) is 21.4. The van der Waals surface area contributed by atoms with Crippen molar-refractivity contribution >= 4 is 51.3 Å². The molecular weight excluding hydrogens is 521 g/mol. The summed E-state index contributed by atoms with van der Waals surface area (Å²) in [6, 6.07) is 29.3. The van der Waals surface area contributed by atoms with Crippen molar-refractivity contribution < 1.29 is 9.15 Å². The Balaban J connectivity index is 1.45. The highest BCUT2D eigenvalue weighted by molar-refractivity contribution is 6.31. The van der Waals surface area contributed by atoms with Crippen LogP contribution in [-0.4, -0.2) is 15.9 Å². The van der Waals surface area contributed by atoms with Crippen molar-refractivity contribution in [1.29, 1.82) is 0 Å². The number of benzene rings is 4. The summed E-state index contributed by atoms with van der Waals surface area (Å²) in [7, 11) is 0. The van der Waals surface area contributed by atoms with E-state index in [1.807, 2.05) is 36.4 Å². The first-order valence-corrected chi connectivity index (χ1v) is 12.5. The van der Waals surface area contributed by atoms with Crippen molar-refractivity contribution in [3.63, 3.8) is 0 Å². The van der Waals surface area contributed by atoms with Crippen LogP contribution in [0.4, 0.5) is 0 Å². The van der Waals surface area contributed by atoms with Gasteiger partial charge in [-0.1, -0.05) is 65.7 Å². The smallest absolute Gasteiger partial charge is 0.282 e. The van der Waals surface area contributed by atoms with Crippen molar-refractivity contribution in [2.75, 3.05) is 0 Å². The van der Waals surface area contributed by atoms with Crippen molar-refractivity contribution in [1.82, 2.24) is 9.66 Å². The Morgan fingerprint density at radius 3 is 2.53 bits per heavy atom. The van der Waals surface area contributed by atoms with Crippen LogP contribution >= 0.6 is 23.2 Å². The molecule has 0 saturated carbocycles. The number of hydrogen-bond acceptors (Lipinski definition) is 5. The zero-order chi connectivity index (χ0) is 26.1. The Bertz CT molecular complexity index is 1880. The molecule has 38 heavy (non-hydrogen) atoms. The third-order valence-corrected chi connectivity index (χ3v) is 6.44. The van der Waals surface area contributed by atoms with Gasteiger partial charge in [0.05, 0.1) is 17.1 Å². The second-order valence-corrected chi connectivity index (χ2v) is 9.44. The molecule has 0 N–H and O–H groups in total. The fourth-order valence-corrected chi connectivity index (χ4v) is 4.48. The molecule has 0 bridgehead atoms. The van der Waals surface area contributed by atoms with Gasteiger partial charge in [-0.2, -0.15) is 9.78 Å². The highest BCUT2D eigenvalue weighted by Crippen LogP contribution is 2.29. The molecule has 0 aliphatic heterocycles. The standard InChI is InChI=1S/C30H19Cl2N3O3/c31-22-11-13-27-20(14-22)16-28(38-27)29-34-25-9-5-4-8-24(25)30(36)35(29)33-17-21-15-23(32)10-12-26(21)37-18-19-6-2-1-3-7-19/h1-17H,18H2. The maximum atomic E-state index is 13.6. The van der Waals surface area contributed by atoms with Gasteiger partial charge in [-0.15, -0.1) is 0 Å². The van der Waals surface area contributed by atoms with Crippen molar-refractivity contribution in [3.8, 4) is 17.3 Å². The first-order chi connectivity index (χ1) is 18.5. The monoisotopic (exact) mass is 539 g/mol. The zero-order valence-electron chi connectivity index (χ0n) is 19.8. The normalized spacial score (nSPS) is 11.5. The van der Waals surface area contributed by atoms with Crippen LogP contribution in [-0.2, 0) is 6.61 Å². The van der Waals surface area contributed by atoms with E-state index in [9.17, 15) is 4.79 Å². The molecule has 0 atom stereocenters. The summed E-state index contributed by atoms with van der Waals surface area (Å²) in [5.41, 5.74) is 2.44. The highest BCUT2D eigenvalue weighted by Gasteiger charge is 2.17. The molecule has 2 heterocycles. The van der Waals surface area contributed by atoms with E-state index in [0.29, 0.717) is 50.2 Å². The van der Waals surface area contributed by atoms with Crippen LogP contribution < -0.4 is 10.3 Å². The van der Waals surface area contributed by atoms with E-state index in [-0.39, 0.29) is 11.4 Å². The first kappa shape index (κ1) is 24.0. The lowest BCUT2D eigenvalue weighted by atomic mass is 10.2. The van der Waals surface area contributed by atoms with Crippen molar-refractivity contribution in [3.05, 3.63) is 129 Å². The Morgan fingerprint density at radius 1 is 0.895 bits per heavy atom. The number of para-hydroxylation sites is 1. The molecule has 8 heteroatoms. The quantitative estimate of drug-likeness (QED) is 0.204. The van der Waals surface area contributed by atoms with Crippen LogP contribution in [0.25, 0.3) is 33.5 Å². The predicted octanol–water partition coefficient (Wildman–Crippen LogP) is 7.58. The molecule has 0 fully saturated rings. The fraction of sp³-hybridized carbons (Fsp3) is 0.0333. The van der Waals surface area contributed by atoms with Gasteiger partial charge in [0.2, 0.25) is 5.82 Å². The van der Waals surface area contributed by atoms with Gasteiger partial charge < -0.3 is 9.15 Å². The molecule has 2 aromatic heterocycles. The first-order valence-electron chi connectivity index (χ1n) is 11.8. The number of aromatic nitrogens is 2. The largest absolute Gasteiger partial charge is 0.488 e. The molecule has 0 spiro atoms. The van der Waals surface area contributed by atoms with Crippen LogP contribution in [0.15, 0.2) is 111 Å². The summed E-state index contributed by atoms with van der Waals surface area (Å²) in [5, 5.41) is 6.85. The van der Waals surface area contributed by atoms with E-state index in [0.717, 1.165) is 10.9 Å². The Hall–Kier alpha value is -4.39. The average Bonchev–Trinajstić information content (AvgIpc) is 3.35. The second kappa shape index (κ2) is 10.2. The molecule has 0 aliphatic rings. The molecular formula is C30H19Cl2N3O3. The van der Waals surface area contributed by atoms with Crippen LogP contribution in [0.2, 0.25) is 10.0 Å². The van der Waals surface area contributed by atoms with Crippen LogP contribution in [0, 0.1) is 0 Å². The van der Waals surface area contributed by atoms with E-state index in [4.69, 9.17) is 37.3 Å². The van der Waals surface area contributed by atoms with Crippen molar-refractivity contribution in [2.45, 2.75) is 6.61 Å². The minimum Gasteiger partial charge on any atom is -0.488 e. The Kier molecular flexibility index (Phi) is 6.42. The summed E-state index contributed by atoms with van der Waals surface area (Å²) >= 11 is 12.4. The van der Waals surface area contributed by atoms with E-state index >= 15 is 0 Å². The van der Waals surface area contributed by atoms with E-state index in [1.54, 1.807) is 60.7 Å². The molecule has 0 radical (unpaired) electrons. The Morgan fingerprint density at radius 2 is 1.66 bits per heavy atom. The van der Waals surface area contributed by atoms with E-state index in [2.05, 4.69) is 5.10 Å². The molecule has 6 rings (SSSR count). The number of rotatable bonds is 6. The number of halogens is 2. The minimum absolute atomic E-state index is 0.256. The minimum atomic E-state index is -0.339. The Labute approximate surface area is 227 Å². The van der Waals surface area contributed by atoms with Gasteiger partial charge >= 0.3 is 0 Å². The molecule has 0 amide bonds. The van der Waals surface area contributed by atoms with E-state index in [1.165, 1.54) is 10.9 Å². The second-order valence-electron chi connectivity index (χ2n) is 8.56. The third kappa shape index (κ3) is 4.79. The summed E-state index contributed by atoms with van der Waals surface area (Å²) in [6.07, 6.45) is 1.53. The van der Waals surface area contributed by atoms with E-state index < -0.39 is 0 Å². The maximum Gasteiger partial charge on any atom is 0.282 e. The average molecular weight is 540 g/mol. The van der Waals surface area contributed by atoms with Crippen LogP contribution in [0.5, 0.6) is 5.75 Å². The molecule has 6 nitrogen and oxygen atoms in total. The number of fused-ring (bicyclic) bond motifs is 2. The lowest BCUT2D eigenvalue weighted by Crippen LogP contribution is -2.20. The number of ether oxygens (including phenoxy) is 1. The molecule has 0 aliphatic carbocycles. The van der Waals surface area contributed by atoms with Crippen molar-refractivity contribution in [2.24, 2.45) is 5.10 Å². The number of furan rings is 1. The van der Waals surface area contributed by atoms with Crippen LogP contribution in [0.1, 0.15) is 11.1 Å². The summed E-state index contributed by atoms with van der Waals surface area (Å²) in [5.74, 6) is 1.21. The lowest BCUT2D eigenvalue weighted by Gasteiger charge is -2.10. The molecule has 186 valence electrons. The molecule has 4 aromatic carbocycles. The van der Waals surface area contributed by atoms with Gasteiger partial charge in [-0.05, 0) is 60.2 Å². The number of nitrogens with zero attached hydrogens (tertiary/aromatic N) is 3. The van der Waals surface area contributed by atoms with Gasteiger partial charge in [0, 0.05) is 21.0 Å². The van der Waals surface area contributed by atoms with Gasteiger partial charge in [-0.25, -0.2) is 4.98 Å².